The van der Waals surface area contributed by atoms with Crippen molar-refractivity contribution >= 4 is 28.9 Å². The summed E-state index contributed by atoms with van der Waals surface area (Å²) in [6.07, 6.45) is 0. The van der Waals surface area contributed by atoms with Crippen molar-refractivity contribution in [1.29, 1.82) is 0 Å². The van der Waals surface area contributed by atoms with E-state index in [2.05, 4.69) is 26.1 Å². The second-order valence-electron chi connectivity index (χ2n) is 5.99. The number of amides is 1. The van der Waals surface area contributed by atoms with Gasteiger partial charge in [-0.2, -0.15) is 0 Å². The minimum Gasteiger partial charge on any atom is -0.398 e. The highest BCUT2D eigenvalue weighted by atomic mass is 35.5. The van der Waals surface area contributed by atoms with Crippen LogP contribution in [0.25, 0.3) is 0 Å². The molecule has 2 aromatic rings. The topological polar surface area (TPSA) is 55.1 Å². The van der Waals surface area contributed by atoms with E-state index in [4.69, 9.17) is 17.3 Å². The molecule has 0 spiro atoms. The molecule has 0 saturated heterocycles. The number of nitrogen functional groups attached to an aromatic ring is 1. The van der Waals surface area contributed by atoms with Crippen molar-refractivity contribution in [3.05, 3.63) is 58.6 Å². The normalized spacial score (nSPS) is 11.2. The average molecular weight is 303 g/mol. The number of anilines is 2. The summed E-state index contributed by atoms with van der Waals surface area (Å²) in [5.41, 5.74) is 8.50. The second kappa shape index (κ2) is 5.78. The van der Waals surface area contributed by atoms with E-state index in [1.807, 2.05) is 24.3 Å². The van der Waals surface area contributed by atoms with Gasteiger partial charge >= 0.3 is 0 Å². The maximum Gasteiger partial charge on any atom is 0.257 e. The van der Waals surface area contributed by atoms with Gasteiger partial charge in [-0.05, 0) is 35.2 Å². The maximum absolute atomic E-state index is 12.2. The summed E-state index contributed by atoms with van der Waals surface area (Å²) in [5, 5.41) is 3.10. The molecule has 0 aromatic heterocycles. The lowest BCUT2D eigenvalue weighted by molar-refractivity contribution is 0.102. The smallest absolute Gasteiger partial charge is 0.257 e. The van der Waals surface area contributed by atoms with Crippen LogP contribution in [0.4, 0.5) is 11.4 Å². The molecule has 0 aliphatic heterocycles. The number of halogens is 1. The first kappa shape index (κ1) is 15.4. The van der Waals surface area contributed by atoms with Gasteiger partial charge in [0.1, 0.15) is 0 Å². The van der Waals surface area contributed by atoms with E-state index in [0.717, 1.165) is 5.69 Å². The summed E-state index contributed by atoms with van der Waals surface area (Å²) in [5.74, 6) is -0.268. The van der Waals surface area contributed by atoms with E-state index in [9.17, 15) is 4.79 Å². The molecule has 0 saturated carbocycles. The molecule has 2 aromatic carbocycles. The van der Waals surface area contributed by atoms with Crippen LogP contribution in [-0.2, 0) is 5.41 Å². The zero-order chi connectivity index (χ0) is 15.6. The Hall–Kier alpha value is -2.00. The number of hydrogen-bond acceptors (Lipinski definition) is 2. The van der Waals surface area contributed by atoms with E-state index in [-0.39, 0.29) is 16.3 Å². The Labute approximate surface area is 130 Å². The minimum absolute atomic E-state index is 0.0831. The molecule has 4 heteroatoms. The Bertz CT molecular complexity index is 657. The molecule has 0 unspecified atom stereocenters. The van der Waals surface area contributed by atoms with Crippen LogP contribution >= 0.6 is 11.6 Å². The van der Waals surface area contributed by atoms with E-state index in [1.54, 1.807) is 18.2 Å². The molecule has 1 amide bonds. The summed E-state index contributed by atoms with van der Waals surface area (Å²) in [4.78, 5) is 12.2. The number of hydrogen-bond donors (Lipinski definition) is 2. The first-order valence-corrected chi connectivity index (χ1v) is 7.13. The number of nitrogens with two attached hydrogens (primary N) is 1. The SMILES string of the molecule is CC(C)(C)c1ccc(NC(=O)c2cccc(N)c2Cl)cc1. The van der Waals surface area contributed by atoms with E-state index >= 15 is 0 Å². The zero-order valence-corrected chi connectivity index (χ0v) is 13.2. The Balaban J connectivity index is 2.18. The number of rotatable bonds is 2. The molecule has 3 nitrogen and oxygen atoms in total. The summed E-state index contributed by atoms with van der Waals surface area (Å²) >= 11 is 6.05. The molecule has 0 bridgehead atoms. The van der Waals surface area contributed by atoms with E-state index in [1.165, 1.54) is 5.56 Å². The quantitative estimate of drug-likeness (QED) is 0.804. The monoisotopic (exact) mass is 302 g/mol. The molecular weight excluding hydrogens is 284 g/mol. The first-order valence-electron chi connectivity index (χ1n) is 6.75. The molecule has 0 heterocycles. The summed E-state index contributed by atoms with van der Waals surface area (Å²) in [6, 6.07) is 12.8. The van der Waals surface area contributed by atoms with Crippen molar-refractivity contribution in [2.24, 2.45) is 0 Å². The fourth-order valence-corrected chi connectivity index (χ4v) is 2.19. The fraction of sp³-hybridized carbons (Fsp3) is 0.235. The Kier molecular flexibility index (Phi) is 4.24. The predicted molar refractivity (Wildman–Crippen MR) is 89.0 cm³/mol. The van der Waals surface area contributed by atoms with Gasteiger partial charge in [-0.25, -0.2) is 0 Å². The van der Waals surface area contributed by atoms with Gasteiger partial charge in [0.25, 0.3) is 5.91 Å². The van der Waals surface area contributed by atoms with Crippen LogP contribution in [0.15, 0.2) is 42.5 Å². The molecule has 110 valence electrons. The molecule has 0 fully saturated rings. The van der Waals surface area contributed by atoms with Crippen molar-refractivity contribution in [3.8, 4) is 0 Å². The van der Waals surface area contributed by atoms with Crippen molar-refractivity contribution in [2.75, 3.05) is 11.1 Å². The molecule has 0 atom stereocenters. The van der Waals surface area contributed by atoms with Crippen molar-refractivity contribution < 1.29 is 4.79 Å². The standard InChI is InChI=1S/C17H19ClN2O/c1-17(2,3)11-7-9-12(10-8-11)20-16(21)13-5-4-6-14(19)15(13)18/h4-10H,19H2,1-3H3,(H,20,21). The molecular formula is C17H19ClN2O. The van der Waals surface area contributed by atoms with Gasteiger partial charge in [-0.1, -0.05) is 50.6 Å². The molecule has 0 radical (unpaired) electrons. The Morgan fingerprint density at radius 3 is 2.29 bits per heavy atom. The zero-order valence-electron chi connectivity index (χ0n) is 12.4. The van der Waals surface area contributed by atoms with Gasteiger partial charge in [0.05, 0.1) is 16.3 Å². The highest BCUT2D eigenvalue weighted by molar-refractivity contribution is 6.36. The number of nitrogens with one attached hydrogen (secondary N) is 1. The van der Waals surface area contributed by atoms with Crippen LogP contribution in [0.5, 0.6) is 0 Å². The van der Waals surface area contributed by atoms with Crippen LogP contribution in [0.1, 0.15) is 36.7 Å². The molecule has 21 heavy (non-hydrogen) atoms. The van der Waals surface area contributed by atoms with Gasteiger partial charge in [0.15, 0.2) is 0 Å². The van der Waals surface area contributed by atoms with Crippen LogP contribution in [-0.4, -0.2) is 5.91 Å². The molecule has 3 N–H and O–H groups in total. The van der Waals surface area contributed by atoms with Gasteiger partial charge in [-0.15, -0.1) is 0 Å². The third-order valence-corrected chi connectivity index (χ3v) is 3.70. The van der Waals surface area contributed by atoms with Crippen molar-refractivity contribution in [1.82, 2.24) is 0 Å². The number of benzene rings is 2. The Morgan fingerprint density at radius 2 is 1.71 bits per heavy atom. The number of carbonyl (C=O) groups excluding carboxylic acids is 1. The lowest BCUT2D eigenvalue weighted by Crippen LogP contribution is -2.14. The van der Waals surface area contributed by atoms with Gasteiger partial charge in [0.2, 0.25) is 0 Å². The molecule has 0 aliphatic carbocycles. The third kappa shape index (κ3) is 3.56. The highest BCUT2D eigenvalue weighted by Crippen LogP contribution is 2.26. The number of carbonyl (C=O) groups is 1. The van der Waals surface area contributed by atoms with Crippen LogP contribution in [0, 0.1) is 0 Å². The maximum atomic E-state index is 12.2. The third-order valence-electron chi connectivity index (χ3n) is 3.28. The first-order chi connectivity index (χ1) is 9.79. The molecule has 2 rings (SSSR count). The second-order valence-corrected chi connectivity index (χ2v) is 6.37. The van der Waals surface area contributed by atoms with Crippen LogP contribution in [0.3, 0.4) is 0 Å². The molecule has 0 aliphatic rings. The fourth-order valence-electron chi connectivity index (χ4n) is 1.98. The van der Waals surface area contributed by atoms with E-state index in [0.29, 0.717) is 11.3 Å². The average Bonchev–Trinajstić information content (AvgIpc) is 2.41. The summed E-state index contributed by atoms with van der Waals surface area (Å²) in [6.45, 7) is 6.44. The summed E-state index contributed by atoms with van der Waals surface area (Å²) in [7, 11) is 0. The van der Waals surface area contributed by atoms with Crippen molar-refractivity contribution in [3.63, 3.8) is 0 Å². The lowest BCUT2D eigenvalue weighted by atomic mass is 9.87. The van der Waals surface area contributed by atoms with Gasteiger partial charge in [0, 0.05) is 5.69 Å². The summed E-state index contributed by atoms with van der Waals surface area (Å²) < 4.78 is 0. The van der Waals surface area contributed by atoms with Crippen LogP contribution in [0.2, 0.25) is 5.02 Å². The lowest BCUT2D eigenvalue weighted by Gasteiger charge is -2.19. The van der Waals surface area contributed by atoms with Gasteiger partial charge in [-0.3, -0.25) is 4.79 Å². The van der Waals surface area contributed by atoms with Crippen LogP contribution < -0.4 is 11.1 Å². The largest absolute Gasteiger partial charge is 0.398 e. The van der Waals surface area contributed by atoms with Crippen molar-refractivity contribution in [2.45, 2.75) is 26.2 Å². The minimum atomic E-state index is -0.268. The highest BCUT2D eigenvalue weighted by Gasteiger charge is 2.15. The predicted octanol–water partition coefficient (Wildman–Crippen LogP) is 4.47. The van der Waals surface area contributed by atoms with E-state index < -0.39 is 0 Å². The Morgan fingerprint density at radius 1 is 1.10 bits per heavy atom. The van der Waals surface area contributed by atoms with Gasteiger partial charge < -0.3 is 11.1 Å².